The molecule has 0 saturated carbocycles. The van der Waals surface area contributed by atoms with Crippen LogP contribution in [0.3, 0.4) is 0 Å². The molecule has 0 aromatic rings. The van der Waals surface area contributed by atoms with Crippen molar-refractivity contribution in [2.45, 2.75) is 88.9 Å². The molecule has 0 amide bonds. The van der Waals surface area contributed by atoms with Crippen LogP contribution in [0.4, 0.5) is 0 Å². The Kier molecular flexibility index (Phi) is 4.18. The van der Waals surface area contributed by atoms with Crippen molar-refractivity contribution in [1.82, 2.24) is 4.90 Å². The maximum atomic E-state index is 12.0. The summed E-state index contributed by atoms with van der Waals surface area (Å²) in [6.07, 6.45) is 6.02. The Morgan fingerprint density at radius 3 is 2.93 bits per heavy atom. The van der Waals surface area contributed by atoms with Crippen LogP contribution in [0.15, 0.2) is 11.3 Å². The fourth-order valence-electron chi connectivity index (χ4n) is 7.58. The first-order valence-electron chi connectivity index (χ1n) is 11.0. The molecule has 156 valence electrons. The van der Waals surface area contributed by atoms with Crippen LogP contribution in [0.25, 0.3) is 0 Å². The molecule has 0 aromatic heterocycles. The average molecular weight is 392 g/mol. The maximum Gasteiger partial charge on any atom is 0.338 e. The normalized spacial score (nSPS) is 49.2. The van der Waals surface area contributed by atoms with Crippen molar-refractivity contribution in [2.24, 2.45) is 17.8 Å². The predicted molar refractivity (Wildman–Crippen MR) is 102 cm³/mol. The molecule has 0 radical (unpaired) electrons. The van der Waals surface area contributed by atoms with E-state index in [-0.39, 0.29) is 41.5 Å². The minimum atomic E-state index is -1.04. The molecule has 5 rings (SSSR count). The number of ether oxygens (including phenoxy) is 3. The third-order valence-corrected chi connectivity index (χ3v) is 8.50. The van der Waals surface area contributed by atoms with Gasteiger partial charge in [-0.2, -0.15) is 0 Å². The minimum absolute atomic E-state index is 0.0474. The van der Waals surface area contributed by atoms with Crippen molar-refractivity contribution in [3.63, 3.8) is 0 Å². The number of nitrogens with zero attached hydrogens (tertiary/aromatic N) is 1. The van der Waals surface area contributed by atoms with E-state index in [1.807, 2.05) is 0 Å². The average Bonchev–Trinajstić information content (AvgIpc) is 3.27. The van der Waals surface area contributed by atoms with Crippen molar-refractivity contribution in [1.29, 1.82) is 0 Å². The lowest BCUT2D eigenvalue weighted by atomic mass is 9.67. The van der Waals surface area contributed by atoms with E-state index in [4.69, 9.17) is 14.2 Å². The number of unbranched alkanes of at least 4 members (excludes halogenated alkanes) is 1. The van der Waals surface area contributed by atoms with E-state index in [0.29, 0.717) is 23.8 Å². The monoisotopic (exact) mass is 391 g/mol. The fourth-order valence-corrected chi connectivity index (χ4v) is 7.58. The highest BCUT2D eigenvalue weighted by molar-refractivity contribution is 5.91. The lowest BCUT2D eigenvalue weighted by Crippen LogP contribution is -2.63. The molecule has 5 aliphatic heterocycles. The summed E-state index contributed by atoms with van der Waals surface area (Å²) in [5, 5.41) is 11.8. The lowest BCUT2D eigenvalue weighted by Gasteiger charge is -2.51. The van der Waals surface area contributed by atoms with Gasteiger partial charge >= 0.3 is 5.97 Å². The van der Waals surface area contributed by atoms with Crippen LogP contribution in [-0.2, 0) is 19.0 Å². The molecule has 0 aromatic carbocycles. The molecule has 4 saturated heterocycles. The molecular weight excluding hydrogens is 358 g/mol. The number of methoxy groups -OCH3 is 1. The van der Waals surface area contributed by atoms with Crippen LogP contribution in [-0.4, -0.2) is 59.2 Å². The molecule has 6 nitrogen and oxygen atoms in total. The van der Waals surface area contributed by atoms with Gasteiger partial charge in [-0.25, -0.2) is 4.79 Å². The van der Waals surface area contributed by atoms with E-state index in [2.05, 4.69) is 18.7 Å². The van der Waals surface area contributed by atoms with E-state index >= 15 is 0 Å². The summed E-state index contributed by atoms with van der Waals surface area (Å²) in [7, 11) is 1.59. The third-order valence-electron chi connectivity index (χ3n) is 8.50. The summed E-state index contributed by atoms with van der Waals surface area (Å²) >= 11 is 0. The van der Waals surface area contributed by atoms with Crippen molar-refractivity contribution >= 4 is 5.97 Å². The zero-order valence-corrected chi connectivity index (χ0v) is 17.4. The van der Waals surface area contributed by atoms with Crippen LogP contribution >= 0.6 is 0 Å². The molecule has 4 fully saturated rings. The maximum absolute atomic E-state index is 12.0. The number of carbonyl (C=O) groups is 1. The van der Waals surface area contributed by atoms with Crippen molar-refractivity contribution in [2.75, 3.05) is 13.7 Å². The minimum Gasteiger partial charge on any atom is -0.497 e. The van der Waals surface area contributed by atoms with E-state index in [1.165, 1.54) is 12.8 Å². The van der Waals surface area contributed by atoms with Crippen LogP contribution in [0.2, 0.25) is 0 Å². The Morgan fingerprint density at radius 1 is 1.43 bits per heavy atom. The highest BCUT2D eigenvalue weighted by atomic mass is 16.6. The second kappa shape index (κ2) is 6.19. The molecule has 5 aliphatic rings. The number of rotatable bonds is 7. The van der Waals surface area contributed by atoms with Gasteiger partial charge in [0, 0.05) is 17.9 Å². The molecule has 6 heteroatoms. The van der Waals surface area contributed by atoms with Crippen molar-refractivity contribution in [3.8, 4) is 0 Å². The second-order valence-corrected chi connectivity index (χ2v) is 9.62. The smallest absolute Gasteiger partial charge is 0.338 e. The van der Waals surface area contributed by atoms with Gasteiger partial charge in [0.2, 0.25) is 0 Å². The first kappa shape index (κ1) is 18.9. The fraction of sp³-hybridized carbons (Fsp3) is 0.864. The molecule has 28 heavy (non-hydrogen) atoms. The Hall–Kier alpha value is -1.11. The Morgan fingerprint density at radius 2 is 2.21 bits per heavy atom. The summed E-state index contributed by atoms with van der Waals surface area (Å²) in [4.78, 5) is 14.7. The van der Waals surface area contributed by atoms with Gasteiger partial charge in [0.1, 0.15) is 5.76 Å². The number of cyclic esters (lactones) is 1. The quantitative estimate of drug-likeness (QED) is 0.673. The second-order valence-electron chi connectivity index (χ2n) is 9.62. The van der Waals surface area contributed by atoms with Crippen LogP contribution < -0.4 is 0 Å². The molecule has 5 heterocycles. The molecule has 5 bridgehead atoms. The van der Waals surface area contributed by atoms with Crippen LogP contribution in [0.1, 0.15) is 59.3 Å². The number of hydrogen-bond acceptors (Lipinski definition) is 6. The Balaban J connectivity index is 1.41. The summed E-state index contributed by atoms with van der Waals surface area (Å²) in [5.74, 6) is -0.282. The van der Waals surface area contributed by atoms with Gasteiger partial charge in [-0.1, -0.05) is 26.7 Å². The van der Waals surface area contributed by atoms with Gasteiger partial charge in [0.15, 0.2) is 11.9 Å². The molecule has 0 spiro atoms. The Bertz CT molecular complexity index is 722. The van der Waals surface area contributed by atoms with Gasteiger partial charge in [0.05, 0.1) is 24.3 Å². The van der Waals surface area contributed by atoms with Crippen molar-refractivity contribution in [3.05, 3.63) is 11.3 Å². The van der Waals surface area contributed by atoms with Gasteiger partial charge in [-0.05, 0) is 45.1 Å². The van der Waals surface area contributed by atoms with Gasteiger partial charge in [0.25, 0.3) is 0 Å². The number of carbonyl (C=O) groups excluding carboxylic acids is 1. The Labute approximate surface area is 167 Å². The van der Waals surface area contributed by atoms with Crippen molar-refractivity contribution < 1.29 is 24.1 Å². The number of hydrogen-bond donors (Lipinski definition) is 1. The summed E-state index contributed by atoms with van der Waals surface area (Å²) in [5.41, 5.74) is 0.616. The predicted octanol–water partition coefficient (Wildman–Crippen LogP) is 2.60. The van der Waals surface area contributed by atoms with E-state index < -0.39 is 5.79 Å². The number of aliphatic hydroxyl groups is 1. The van der Waals surface area contributed by atoms with E-state index in [1.54, 1.807) is 14.0 Å². The molecule has 9 atom stereocenters. The lowest BCUT2D eigenvalue weighted by molar-refractivity contribution is -0.284. The molecular formula is C22H33NO5. The SMILES string of the molecule is CCCC[C@@]12[C@@H]3C[C@H]4[C@@H]([C@H](C)C[C@@H]5OC(=O)C(C)=C5OC)[C@@](O)(O3)[C@@H]1CCN42. The highest BCUT2D eigenvalue weighted by Crippen LogP contribution is 2.69. The summed E-state index contributed by atoms with van der Waals surface area (Å²) in [6, 6.07) is 0.363. The zero-order valence-electron chi connectivity index (χ0n) is 17.4. The largest absolute Gasteiger partial charge is 0.497 e. The van der Waals surface area contributed by atoms with Crippen LogP contribution in [0.5, 0.6) is 0 Å². The van der Waals surface area contributed by atoms with Gasteiger partial charge < -0.3 is 19.3 Å². The van der Waals surface area contributed by atoms with Gasteiger partial charge in [-0.15, -0.1) is 0 Å². The topological polar surface area (TPSA) is 68.2 Å². The molecule has 1 N–H and O–H groups in total. The summed E-state index contributed by atoms with van der Waals surface area (Å²) < 4.78 is 17.5. The number of esters is 1. The number of piperidine rings is 1. The summed E-state index contributed by atoms with van der Waals surface area (Å²) in [6.45, 7) is 7.24. The molecule has 0 aliphatic carbocycles. The highest BCUT2D eigenvalue weighted by Gasteiger charge is 2.80. The van der Waals surface area contributed by atoms with Crippen LogP contribution in [0, 0.1) is 17.8 Å². The zero-order chi connectivity index (χ0) is 19.8. The third kappa shape index (κ3) is 2.12. The first-order valence-corrected chi connectivity index (χ1v) is 11.0. The first-order chi connectivity index (χ1) is 13.4. The standard InChI is InChI=1S/C22H33NO5/c1-5-6-8-21-16-7-9-23(21)14-11-17(21)28-22(16,25)18(14)12(2)10-15-19(26-4)13(3)20(24)27-15/h12,14-18,25H,5-11H2,1-4H3/t12-,14+,15+,16-,17+,18-,21+,22+/m1/s1. The van der Waals surface area contributed by atoms with E-state index in [0.717, 1.165) is 25.8 Å². The molecule has 1 unspecified atom stereocenters. The van der Waals surface area contributed by atoms with E-state index in [9.17, 15) is 9.90 Å². The van der Waals surface area contributed by atoms with Gasteiger partial charge in [-0.3, -0.25) is 4.90 Å².